The van der Waals surface area contributed by atoms with Crippen LogP contribution in [0.5, 0.6) is 0 Å². The molecule has 0 aromatic heterocycles. The first-order valence-corrected chi connectivity index (χ1v) is 11.2. The molecule has 2 aliphatic heterocycles. The van der Waals surface area contributed by atoms with Crippen LogP contribution in [0.4, 0.5) is 0 Å². The van der Waals surface area contributed by atoms with Gasteiger partial charge in [-0.2, -0.15) is 0 Å². The Hall–Kier alpha value is -0.750. The van der Waals surface area contributed by atoms with E-state index in [1.807, 2.05) is 0 Å². The molecule has 5 heteroatoms. The van der Waals surface area contributed by atoms with Gasteiger partial charge >= 0.3 is 0 Å². The van der Waals surface area contributed by atoms with Crippen LogP contribution in [0, 0.1) is 28.6 Å². The SMILES string of the molecule is C[C@]12CCC3(C=C1CC[C@H]1[C@H]2C(=O)C[C@@]2(C)[C@@H]1CCC21OCCO1)OCCO3. The Labute approximate surface area is 167 Å². The highest BCUT2D eigenvalue weighted by atomic mass is 16.7. The first-order chi connectivity index (χ1) is 13.4. The van der Waals surface area contributed by atoms with Crippen molar-refractivity contribution in [3.63, 3.8) is 0 Å². The maximum atomic E-state index is 13.7. The van der Waals surface area contributed by atoms with Gasteiger partial charge in [0.2, 0.25) is 0 Å². The van der Waals surface area contributed by atoms with Gasteiger partial charge in [0, 0.05) is 30.6 Å². The van der Waals surface area contributed by atoms with Crippen LogP contribution in [0.15, 0.2) is 11.6 Å². The lowest BCUT2D eigenvalue weighted by Crippen LogP contribution is -2.59. The van der Waals surface area contributed by atoms with E-state index in [0.29, 0.717) is 50.5 Å². The van der Waals surface area contributed by atoms with Crippen LogP contribution < -0.4 is 0 Å². The maximum Gasteiger partial charge on any atom is 0.188 e. The number of carbonyl (C=O) groups is 1. The highest BCUT2D eigenvalue weighted by molar-refractivity contribution is 5.85. The molecule has 5 atom stereocenters. The minimum Gasteiger partial charge on any atom is -0.347 e. The Balaban J connectivity index is 1.37. The van der Waals surface area contributed by atoms with Crippen LogP contribution in [-0.4, -0.2) is 43.8 Å². The normalized spacial score (nSPS) is 48.4. The summed E-state index contributed by atoms with van der Waals surface area (Å²) in [5.41, 5.74) is 1.18. The van der Waals surface area contributed by atoms with E-state index in [-0.39, 0.29) is 16.7 Å². The minimum atomic E-state index is -0.517. The number of Topliss-reactive ketones (excluding diaryl/α,β-unsaturated/α-hetero) is 1. The Bertz CT molecular complexity index is 731. The fourth-order valence-corrected chi connectivity index (χ4v) is 8.08. The van der Waals surface area contributed by atoms with Gasteiger partial charge in [0.1, 0.15) is 5.78 Å². The second-order valence-corrected chi connectivity index (χ2v) is 10.4. The highest BCUT2D eigenvalue weighted by Crippen LogP contribution is 2.68. The number of fused-ring (bicyclic) bond motifs is 6. The second kappa shape index (κ2) is 5.69. The van der Waals surface area contributed by atoms with Gasteiger partial charge in [0.15, 0.2) is 11.6 Å². The van der Waals surface area contributed by atoms with Gasteiger partial charge in [-0.1, -0.05) is 19.4 Å². The average molecular weight is 389 g/mol. The predicted octanol–water partition coefficient (Wildman–Crippen LogP) is 3.61. The summed E-state index contributed by atoms with van der Waals surface area (Å²) in [5.74, 6) is 0.484. The average Bonchev–Trinajstić information content (AvgIpc) is 3.38. The van der Waals surface area contributed by atoms with Gasteiger partial charge in [0.05, 0.1) is 26.4 Å². The molecular weight excluding hydrogens is 356 g/mol. The summed E-state index contributed by atoms with van der Waals surface area (Å²) < 4.78 is 24.3. The summed E-state index contributed by atoms with van der Waals surface area (Å²) in [6.45, 7) is 7.29. The Kier molecular flexibility index (Phi) is 3.67. The van der Waals surface area contributed by atoms with E-state index >= 15 is 0 Å². The lowest BCUT2D eigenvalue weighted by molar-refractivity contribution is -0.239. The van der Waals surface area contributed by atoms with Crippen molar-refractivity contribution in [2.45, 2.75) is 70.4 Å². The van der Waals surface area contributed by atoms with E-state index in [4.69, 9.17) is 18.9 Å². The molecule has 0 amide bonds. The van der Waals surface area contributed by atoms with Crippen molar-refractivity contribution in [3.05, 3.63) is 11.6 Å². The molecule has 0 radical (unpaired) electrons. The first kappa shape index (κ1) is 18.1. The van der Waals surface area contributed by atoms with E-state index in [0.717, 1.165) is 38.5 Å². The lowest BCUT2D eigenvalue weighted by Gasteiger charge is -2.58. The summed E-state index contributed by atoms with van der Waals surface area (Å²) in [6.07, 6.45) is 8.89. The molecule has 5 nitrogen and oxygen atoms in total. The Morgan fingerprint density at radius 2 is 1.64 bits per heavy atom. The van der Waals surface area contributed by atoms with Crippen LogP contribution in [0.1, 0.15) is 58.8 Å². The third-order valence-electron chi connectivity index (χ3n) is 9.39. The summed E-state index contributed by atoms with van der Waals surface area (Å²) >= 11 is 0. The summed E-state index contributed by atoms with van der Waals surface area (Å²) in [4.78, 5) is 13.7. The molecule has 0 bridgehead atoms. The Morgan fingerprint density at radius 1 is 0.929 bits per heavy atom. The molecule has 154 valence electrons. The molecule has 6 rings (SSSR count). The zero-order valence-electron chi connectivity index (χ0n) is 17.1. The minimum absolute atomic E-state index is 0.0466. The number of allylic oxidation sites excluding steroid dienone is 1. The number of ether oxygens (including phenoxy) is 4. The quantitative estimate of drug-likeness (QED) is 0.594. The molecule has 2 saturated heterocycles. The largest absolute Gasteiger partial charge is 0.347 e. The summed E-state index contributed by atoms with van der Waals surface area (Å²) in [5, 5.41) is 0. The van der Waals surface area contributed by atoms with E-state index in [1.54, 1.807) is 0 Å². The second-order valence-electron chi connectivity index (χ2n) is 10.4. The van der Waals surface area contributed by atoms with Gasteiger partial charge in [-0.3, -0.25) is 4.79 Å². The number of hydrogen-bond donors (Lipinski definition) is 0. The molecule has 28 heavy (non-hydrogen) atoms. The van der Waals surface area contributed by atoms with Crippen molar-refractivity contribution < 1.29 is 23.7 Å². The van der Waals surface area contributed by atoms with Gasteiger partial charge < -0.3 is 18.9 Å². The molecule has 2 heterocycles. The molecule has 4 aliphatic carbocycles. The Morgan fingerprint density at radius 3 is 2.39 bits per heavy atom. The molecule has 0 aromatic rings. The first-order valence-electron chi connectivity index (χ1n) is 11.2. The zero-order valence-corrected chi connectivity index (χ0v) is 17.1. The van der Waals surface area contributed by atoms with Crippen LogP contribution in [0.3, 0.4) is 0 Å². The lowest BCUT2D eigenvalue weighted by atomic mass is 9.46. The number of hydrogen-bond acceptors (Lipinski definition) is 5. The standard InChI is InChI=1S/C23H32O5/c1-20-7-8-22(25-9-10-26-22)13-15(20)3-4-16-17-5-6-23(27-11-12-28-23)21(17,2)14-18(24)19(16)20/h13,16-17,19H,3-12,14H2,1-2H3/t16-,17-,19+,20+,21+/m1/s1. The topological polar surface area (TPSA) is 54.0 Å². The fraction of sp³-hybridized carbons (Fsp3) is 0.870. The van der Waals surface area contributed by atoms with Crippen LogP contribution in [-0.2, 0) is 23.7 Å². The van der Waals surface area contributed by atoms with Crippen molar-refractivity contribution in [3.8, 4) is 0 Å². The van der Waals surface area contributed by atoms with Crippen LogP contribution in [0.2, 0.25) is 0 Å². The van der Waals surface area contributed by atoms with Gasteiger partial charge in [0.25, 0.3) is 0 Å². The fourth-order valence-electron chi connectivity index (χ4n) is 8.08. The molecule has 0 unspecified atom stereocenters. The van der Waals surface area contributed by atoms with Crippen molar-refractivity contribution in [1.82, 2.24) is 0 Å². The number of rotatable bonds is 0. The van der Waals surface area contributed by atoms with E-state index in [2.05, 4.69) is 19.9 Å². The van der Waals surface area contributed by atoms with Gasteiger partial charge in [-0.15, -0.1) is 0 Å². The van der Waals surface area contributed by atoms with Crippen LogP contribution in [0.25, 0.3) is 0 Å². The van der Waals surface area contributed by atoms with E-state index in [1.165, 1.54) is 5.57 Å². The van der Waals surface area contributed by atoms with Crippen molar-refractivity contribution in [2.24, 2.45) is 28.6 Å². The number of ketones is 1. The molecule has 0 N–H and O–H groups in total. The van der Waals surface area contributed by atoms with Gasteiger partial charge in [-0.25, -0.2) is 0 Å². The van der Waals surface area contributed by atoms with Gasteiger partial charge in [-0.05, 0) is 49.0 Å². The third-order valence-corrected chi connectivity index (χ3v) is 9.39. The van der Waals surface area contributed by atoms with Crippen molar-refractivity contribution in [1.29, 1.82) is 0 Å². The summed E-state index contributed by atoms with van der Waals surface area (Å²) in [6, 6.07) is 0. The third kappa shape index (κ3) is 2.09. The monoisotopic (exact) mass is 388 g/mol. The smallest absolute Gasteiger partial charge is 0.188 e. The number of carbonyl (C=O) groups excluding carboxylic acids is 1. The molecule has 0 aromatic carbocycles. The molecule has 5 fully saturated rings. The van der Waals surface area contributed by atoms with Crippen molar-refractivity contribution >= 4 is 5.78 Å². The molecular formula is C23H32O5. The van der Waals surface area contributed by atoms with E-state index in [9.17, 15) is 4.79 Å². The predicted molar refractivity (Wildman–Crippen MR) is 101 cm³/mol. The summed E-state index contributed by atoms with van der Waals surface area (Å²) in [7, 11) is 0. The molecule has 6 aliphatic rings. The van der Waals surface area contributed by atoms with E-state index < -0.39 is 11.6 Å². The molecule has 2 spiro atoms. The molecule has 3 saturated carbocycles. The zero-order chi connectivity index (χ0) is 19.2. The van der Waals surface area contributed by atoms with Crippen LogP contribution >= 0.6 is 0 Å². The maximum absolute atomic E-state index is 13.7. The highest BCUT2D eigenvalue weighted by Gasteiger charge is 2.69. The van der Waals surface area contributed by atoms with Crippen molar-refractivity contribution in [2.75, 3.05) is 26.4 Å².